The van der Waals surface area contributed by atoms with Crippen LogP contribution in [0.15, 0.2) is 53.4 Å². The Morgan fingerprint density at radius 3 is 1.63 bits per heavy atom. The Morgan fingerprint density at radius 2 is 1.21 bits per heavy atom. The molecule has 0 amide bonds. The van der Waals surface area contributed by atoms with E-state index in [1.165, 1.54) is 0 Å². The van der Waals surface area contributed by atoms with Crippen molar-refractivity contribution in [2.75, 3.05) is 6.26 Å². The van der Waals surface area contributed by atoms with E-state index in [2.05, 4.69) is 0 Å². The molecule has 0 heterocycles. The average molecular weight is 270 g/mol. The molecule has 0 aliphatic heterocycles. The molecule has 0 spiro atoms. The number of carbonyl (C=O) groups excluding carboxylic acids is 2. The topological polar surface area (TPSA) is 34.1 Å². The first-order valence-corrected chi connectivity index (χ1v) is 7.14. The molecule has 0 saturated heterocycles. The molecule has 0 N–H and O–H groups in total. The molecule has 2 rings (SSSR count). The van der Waals surface area contributed by atoms with E-state index >= 15 is 0 Å². The van der Waals surface area contributed by atoms with Gasteiger partial charge in [0.1, 0.15) is 0 Å². The number of thioether (sulfide) groups is 1. The third-order valence-electron chi connectivity index (χ3n) is 2.87. The van der Waals surface area contributed by atoms with E-state index in [4.69, 9.17) is 0 Å². The van der Waals surface area contributed by atoms with E-state index in [1.54, 1.807) is 36.0 Å². The standard InChI is InChI=1S/C16H14O2S/c1-11-3-5-12(6-4-11)15(17)16(18)13-7-9-14(19-2)10-8-13/h3-10H,1-2H3. The first-order valence-electron chi connectivity index (χ1n) is 5.91. The summed E-state index contributed by atoms with van der Waals surface area (Å²) < 4.78 is 0. The minimum atomic E-state index is -0.462. The van der Waals surface area contributed by atoms with Gasteiger partial charge in [0.05, 0.1) is 0 Å². The highest BCUT2D eigenvalue weighted by Crippen LogP contribution is 2.16. The van der Waals surface area contributed by atoms with Gasteiger partial charge >= 0.3 is 0 Å². The van der Waals surface area contributed by atoms with Crippen LogP contribution in [0.25, 0.3) is 0 Å². The molecule has 2 aromatic rings. The molecule has 0 fully saturated rings. The van der Waals surface area contributed by atoms with Crippen LogP contribution in [0.2, 0.25) is 0 Å². The number of hydrogen-bond acceptors (Lipinski definition) is 3. The van der Waals surface area contributed by atoms with Crippen molar-refractivity contribution >= 4 is 23.3 Å². The van der Waals surface area contributed by atoms with Crippen molar-refractivity contribution in [3.05, 3.63) is 65.2 Å². The molecular formula is C16H14O2S. The Balaban J connectivity index is 2.23. The van der Waals surface area contributed by atoms with Gasteiger partial charge in [-0.15, -0.1) is 11.8 Å². The lowest BCUT2D eigenvalue weighted by atomic mass is 10.0. The molecule has 0 saturated carbocycles. The van der Waals surface area contributed by atoms with Crippen molar-refractivity contribution in [3.8, 4) is 0 Å². The van der Waals surface area contributed by atoms with Crippen molar-refractivity contribution in [1.82, 2.24) is 0 Å². The van der Waals surface area contributed by atoms with E-state index in [-0.39, 0.29) is 0 Å². The van der Waals surface area contributed by atoms with Gasteiger partial charge in [0.2, 0.25) is 11.6 Å². The molecule has 0 aromatic heterocycles. The van der Waals surface area contributed by atoms with Crippen molar-refractivity contribution in [1.29, 1.82) is 0 Å². The second kappa shape index (κ2) is 5.85. The van der Waals surface area contributed by atoms with Gasteiger partial charge in [0, 0.05) is 16.0 Å². The fraction of sp³-hybridized carbons (Fsp3) is 0.125. The van der Waals surface area contributed by atoms with Gasteiger partial charge in [-0.3, -0.25) is 9.59 Å². The quantitative estimate of drug-likeness (QED) is 0.481. The van der Waals surface area contributed by atoms with Gasteiger partial charge in [0.15, 0.2) is 0 Å². The summed E-state index contributed by atoms with van der Waals surface area (Å²) in [6.45, 7) is 1.94. The molecule has 3 heteroatoms. The first kappa shape index (κ1) is 13.6. The maximum Gasteiger partial charge on any atom is 0.233 e. The van der Waals surface area contributed by atoms with Crippen molar-refractivity contribution in [2.45, 2.75) is 11.8 Å². The minimum absolute atomic E-state index is 0.434. The molecule has 0 aliphatic rings. The zero-order valence-electron chi connectivity index (χ0n) is 10.8. The number of ketones is 2. The lowest BCUT2D eigenvalue weighted by Crippen LogP contribution is -2.14. The van der Waals surface area contributed by atoms with Crippen molar-refractivity contribution < 1.29 is 9.59 Å². The van der Waals surface area contributed by atoms with Crippen molar-refractivity contribution in [2.24, 2.45) is 0 Å². The summed E-state index contributed by atoms with van der Waals surface area (Å²) in [5, 5.41) is 0. The molecule has 0 aliphatic carbocycles. The zero-order chi connectivity index (χ0) is 13.8. The highest BCUT2D eigenvalue weighted by molar-refractivity contribution is 7.98. The van der Waals surface area contributed by atoms with E-state index in [0.29, 0.717) is 11.1 Å². The summed E-state index contributed by atoms with van der Waals surface area (Å²) in [6.07, 6.45) is 1.97. The van der Waals surface area contributed by atoms with Gasteiger partial charge < -0.3 is 0 Å². The van der Waals surface area contributed by atoms with Crippen LogP contribution in [0.4, 0.5) is 0 Å². The van der Waals surface area contributed by atoms with Crippen LogP contribution in [-0.4, -0.2) is 17.8 Å². The first-order chi connectivity index (χ1) is 9.11. The Kier molecular flexibility index (Phi) is 4.17. The normalized spacial score (nSPS) is 10.2. The highest BCUT2D eigenvalue weighted by Gasteiger charge is 2.17. The smallest absolute Gasteiger partial charge is 0.233 e. The number of aryl methyl sites for hydroxylation is 1. The fourth-order valence-corrected chi connectivity index (χ4v) is 2.12. The van der Waals surface area contributed by atoms with Crippen LogP contribution in [-0.2, 0) is 0 Å². The lowest BCUT2D eigenvalue weighted by molar-refractivity contribution is 0.0817. The van der Waals surface area contributed by atoms with Crippen LogP contribution >= 0.6 is 11.8 Å². The van der Waals surface area contributed by atoms with E-state index in [9.17, 15) is 9.59 Å². The molecule has 0 atom stereocenters. The predicted molar refractivity (Wildman–Crippen MR) is 78.1 cm³/mol. The molecule has 0 radical (unpaired) electrons. The van der Waals surface area contributed by atoms with Gasteiger partial charge in [-0.2, -0.15) is 0 Å². The zero-order valence-corrected chi connectivity index (χ0v) is 11.7. The minimum Gasteiger partial charge on any atom is -0.285 e. The van der Waals surface area contributed by atoms with E-state index in [0.717, 1.165) is 10.5 Å². The lowest BCUT2D eigenvalue weighted by Gasteiger charge is -2.02. The van der Waals surface area contributed by atoms with Crippen molar-refractivity contribution in [3.63, 3.8) is 0 Å². The van der Waals surface area contributed by atoms with Gasteiger partial charge in [-0.1, -0.05) is 29.8 Å². The number of hydrogen-bond donors (Lipinski definition) is 0. The third-order valence-corrected chi connectivity index (χ3v) is 3.62. The SMILES string of the molecule is CSc1ccc(C(=O)C(=O)c2ccc(C)cc2)cc1. The summed E-state index contributed by atoms with van der Waals surface area (Å²) in [5.74, 6) is -0.923. The number of benzene rings is 2. The fourth-order valence-electron chi connectivity index (χ4n) is 1.71. The summed E-state index contributed by atoms with van der Waals surface area (Å²) in [4.78, 5) is 25.2. The predicted octanol–water partition coefficient (Wildman–Crippen LogP) is 3.78. The van der Waals surface area contributed by atoms with E-state index in [1.807, 2.05) is 37.4 Å². The molecular weight excluding hydrogens is 256 g/mol. The van der Waals surface area contributed by atoms with Crippen LogP contribution in [0.1, 0.15) is 26.3 Å². The van der Waals surface area contributed by atoms with Gasteiger partial charge in [0.25, 0.3) is 0 Å². The Hall–Kier alpha value is -1.87. The third kappa shape index (κ3) is 3.12. The highest BCUT2D eigenvalue weighted by atomic mass is 32.2. The maximum absolute atomic E-state index is 12.1. The summed E-state index contributed by atoms with van der Waals surface area (Å²) >= 11 is 1.60. The van der Waals surface area contributed by atoms with Crippen LogP contribution in [0.5, 0.6) is 0 Å². The summed E-state index contributed by atoms with van der Waals surface area (Å²) in [6, 6.07) is 14.1. The summed E-state index contributed by atoms with van der Waals surface area (Å²) in [7, 11) is 0. The molecule has 0 unspecified atom stereocenters. The second-order valence-electron chi connectivity index (χ2n) is 4.25. The van der Waals surface area contributed by atoms with E-state index < -0.39 is 11.6 Å². The van der Waals surface area contributed by atoms with Crippen LogP contribution < -0.4 is 0 Å². The summed E-state index contributed by atoms with van der Waals surface area (Å²) in [5.41, 5.74) is 1.93. The van der Waals surface area contributed by atoms with Crippen LogP contribution in [0, 0.1) is 6.92 Å². The Labute approximate surface area is 116 Å². The average Bonchev–Trinajstić information content (AvgIpc) is 2.46. The van der Waals surface area contributed by atoms with Gasteiger partial charge in [-0.25, -0.2) is 0 Å². The Bertz CT molecular complexity index is 598. The number of rotatable bonds is 4. The molecule has 2 nitrogen and oxygen atoms in total. The van der Waals surface area contributed by atoms with Crippen LogP contribution in [0.3, 0.4) is 0 Å². The molecule has 19 heavy (non-hydrogen) atoms. The second-order valence-corrected chi connectivity index (χ2v) is 5.13. The molecule has 2 aromatic carbocycles. The maximum atomic E-state index is 12.1. The number of carbonyl (C=O) groups is 2. The van der Waals surface area contributed by atoms with Gasteiger partial charge in [-0.05, 0) is 37.4 Å². The largest absolute Gasteiger partial charge is 0.285 e. The molecule has 0 bridgehead atoms. The monoisotopic (exact) mass is 270 g/mol. The number of Topliss-reactive ketones (excluding diaryl/α,β-unsaturated/α-hetero) is 2. The molecule has 96 valence electrons. The Morgan fingerprint density at radius 1 is 0.789 bits per heavy atom.